The number of piperidine rings is 1. The minimum Gasteiger partial charge on any atom is -0.461 e. The first-order valence-electron chi connectivity index (χ1n) is 14.1. The molecule has 0 amide bonds. The van der Waals surface area contributed by atoms with Crippen molar-refractivity contribution < 1.29 is 19.3 Å². The summed E-state index contributed by atoms with van der Waals surface area (Å²) in [6.07, 6.45) is 2.79. The highest BCUT2D eigenvalue weighted by Gasteiger charge is 2.53. The number of rotatable bonds is 5. The van der Waals surface area contributed by atoms with E-state index in [1.54, 1.807) is 6.92 Å². The van der Waals surface area contributed by atoms with Crippen molar-refractivity contribution >= 4 is 28.2 Å². The summed E-state index contributed by atoms with van der Waals surface area (Å²) in [4.78, 5) is 21.4. The topological polar surface area (TPSA) is 148 Å². The molecule has 6 heterocycles. The molecule has 4 saturated heterocycles. The fourth-order valence-corrected chi connectivity index (χ4v) is 8.64. The first-order valence-corrected chi connectivity index (χ1v) is 14.9. The molecule has 1 spiro atoms. The minimum absolute atomic E-state index is 0.147. The fourth-order valence-electron chi connectivity index (χ4n) is 7.50. The van der Waals surface area contributed by atoms with Gasteiger partial charge in [-0.2, -0.15) is 20.2 Å². The molecule has 0 saturated carbocycles. The van der Waals surface area contributed by atoms with E-state index in [0.29, 0.717) is 68.1 Å². The van der Waals surface area contributed by atoms with Crippen LogP contribution in [0.15, 0.2) is 0 Å². The third-order valence-electron chi connectivity index (χ3n) is 9.86. The highest BCUT2D eigenvalue weighted by Crippen LogP contribution is 2.52. The second kappa shape index (κ2) is 9.11. The number of nitrogens with zero attached hydrogens (tertiary/aromatic N) is 7. The summed E-state index contributed by atoms with van der Waals surface area (Å²) in [6, 6.07) is 2.50. The van der Waals surface area contributed by atoms with E-state index in [9.17, 15) is 19.9 Å². The van der Waals surface area contributed by atoms with E-state index in [4.69, 9.17) is 20.4 Å². The smallest absolute Gasteiger partial charge is 0.323 e. The molecule has 40 heavy (non-hydrogen) atoms. The van der Waals surface area contributed by atoms with E-state index in [1.165, 1.54) is 16.2 Å². The van der Waals surface area contributed by atoms with Gasteiger partial charge in [-0.3, -0.25) is 4.90 Å². The van der Waals surface area contributed by atoms with Crippen molar-refractivity contribution in [2.45, 2.75) is 74.3 Å². The summed E-state index contributed by atoms with van der Waals surface area (Å²) in [5.41, 5.74) is 6.19. The van der Waals surface area contributed by atoms with Crippen molar-refractivity contribution in [3.63, 3.8) is 0 Å². The fraction of sp³-hybridized carbons (Fsp3) is 0.704. The van der Waals surface area contributed by atoms with Crippen molar-refractivity contribution in [1.82, 2.24) is 19.9 Å². The molecule has 4 N–H and O–H groups in total. The summed E-state index contributed by atoms with van der Waals surface area (Å²) in [5.74, 6) is 0.860. The van der Waals surface area contributed by atoms with Crippen molar-refractivity contribution in [2.24, 2.45) is 0 Å². The Morgan fingerprint density at radius 1 is 1.15 bits per heavy atom. The lowest BCUT2D eigenvalue weighted by Crippen LogP contribution is -2.59. The Morgan fingerprint density at radius 2 is 1.93 bits per heavy atom. The maximum atomic E-state index is 14.3. The Hall–Kier alpha value is -2.79. The lowest BCUT2D eigenvalue weighted by molar-refractivity contribution is -0.0724. The van der Waals surface area contributed by atoms with Gasteiger partial charge in [-0.1, -0.05) is 0 Å². The first-order chi connectivity index (χ1) is 19.1. The molecule has 4 atom stereocenters. The van der Waals surface area contributed by atoms with Crippen LogP contribution in [-0.2, 0) is 11.8 Å². The van der Waals surface area contributed by atoms with Gasteiger partial charge in [0.15, 0.2) is 0 Å². The SMILES string of the molecule is C[C@@]1(O)CCN(c2nc(OC[C@@]34CCCN3C[C@H](F)C4)nc(N3CC4(CCc5sc(N)c(C#N)c54)C3)n2)C[C@@H]1O. The van der Waals surface area contributed by atoms with E-state index in [0.717, 1.165) is 37.8 Å². The van der Waals surface area contributed by atoms with Gasteiger partial charge in [-0.05, 0) is 51.1 Å². The number of aromatic nitrogens is 3. The Bertz CT molecular complexity index is 1370. The number of halogens is 1. The Labute approximate surface area is 236 Å². The molecule has 11 nitrogen and oxygen atoms in total. The van der Waals surface area contributed by atoms with E-state index >= 15 is 0 Å². The van der Waals surface area contributed by atoms with Crippen LogP contribution >= 0.6 is 11.3 Å². The number of fused-ring (bicyclic) bond motifs is 3. The van der Waals surface area contributed by atoms with E-state index in [-0.39, 0.29) is 23.5 Å². The third kappa shape index (κ3) is 4.02. The first kappa shape index (κ1) is 26.1. The molecular formula is C27H35FN8O3S. The van der Waals surface area contributed by atoms with Crippen molar-refractivity contribution in [2.75, 3.05) is 61.4 Å². The number of nitriles is 1. The normalized spacial score (nSPS) is 32.7. The average molecular weight is 571 g/mol. The average Bonchev–Trinajstić information content (AvgIpc) is 3.61. The number of aryl methyl sites for hydroxylation is 1. The van der Waals surface area contributed by atoms with Crippen LogP contribution in [0.4, 0.5) is 21.3 Å². The molecule has 2 aromatic rings. The molecular weight excluding hydrogens is 535 g/mol. The Kier molecular flexibility index (Phi) is 5.95. The van der Waals surface area contributed by atoms with Crippen LogP contribution in [0.1, 0.15) is 55.0 Å². The monoisotopic (exact) mass is 570 g/mol. The molecule has 4 aliphatic heterocycles. The third-order valence-corrected chi connectivity index (χ3v) is 10.9. The van der Waals surface area contributed by atoms with Crippen LogP contribution in [0.5, 0.6) is 6.01 Å². The van der Waals surface area contributed by atoms with Crippen LogP contribution in [0.3, 0.4) is 0 Å². The lowest BCUT2D eigenvalue weighted by atomic mass is 9.74. The standard InChI is InChI=1S/C27H35FN8O3S/c1-25(38)6-8-34(12-19(25)37)22-31-23(33-24(32-22)39-15-27-4-2-7-36(27)11-16(28)9-27)35-13-26(14-35)5-3-18-20(26)17(10-29)21(30)40-18/h16,19,37-38H,2-9,11-15,30H2,1H3/t16-,19+,25-,27+/m1/s1. The number of alkyl halides is 1. The number of hydrogen-bond donors (Lipinski definition) is 3. The van der Waals surface area contributed by atoms with Gasteiger partial charge in [0.25, 0.3) is 0 Å². The Balaban J connectivity index is 1.16. The van der Waals surface area contributed by atoms with Crippen molar-refractivity contribution in [1.29, 1.82) is 5.26 Å². The van der Waals surface area contributed by atoms with Gasteiger partial charge in [0.2, 0.25) is 11.9 Å². The number of nitrogen functional groups attached to an aromatic ring is 1. The predicted molar refractivity (Wildman–Crippen MR) is 147 cm³/mol. The van der Waals surface area contributed by atoms with Gasteiger partial charge < -0.3 is 30.5 Å². The maximum Gasteiger partial charge on any atom is 0.323 e. The minimum atomic E-state index is -1.17. The van der Waals surface area contributed by atoms with E-state index in [2.05, 4.69) is 20.9 Å². The van der Waals surface area contributed by atoms with Gasteiger partial charge >= 0.3 is 6.01 Å². The molecule has 1 aliphatic carbocycles. The summed E-state index contributed by atoms with van der Waals surface area (Å²) in [7, 11) is 0. The van der Waals surface area contributed by atoms with Crippen LogP contribution in [0, 0.1) is 11.3 Å². The number of ether oxygens (including phenoxy) is 1. The highest BCUT2D eigenvalue weighted by molar-refractivity contribution is 7.16. The maximum absolute atomic E-state index is 14.3. The summed E-state index contributed by atoms with van der Waals surface area (Å²) in [6.45, 7) is 5.23. The zero-order chi connectivity index (χ0) is 27.9. The summed E-state index contributed by atoms with van der Waals surface area (Å²) in [5, 5.41) is 31.4. The van der Waals surface area contributed by atoms with Crippen molar-refractivity contribution in [3.8, 4) is 12.1 Å². The molecule has 5 aliphatic rings. The number of nitrogens with two attached hydrogens (primary N) is 1. The van der Waals surface area contributed by atoms with Gasteiger partial charge in [-0.25, -0.2) is 4.39 Å². The molecule has 214 valence electrons. The molecule has 4 fully saturated rings. The number of thiophene rings is 1. The summed E-state index contributed by atoms with van der Waals surface area (Å²) < 4.78 is 20.5. The van der Waals surface area contributed by atoms with Gasteiger partial charge in [-0.15, -0.1) is 11.3 Å². The molecule has 7 rings (SSSR count). The highest BCUT2D eigenvalue weighted by atomic mass is 32.1. The zero-order valence-electron chi connectivity index (χ0n) is 22.6. The van der Waals surface area contributed by atoms with E-state index < -0.39 is 17.9 Å². The van der Waals surface area contributed by atoms with Crippen LogP contribution in [-0.4, -0.2) is 99.4 Å². The van der Waals surface area contributed by atoms with Gasteiger partial charge in [0.1, 0.15) is 23.8 Å². The van der Waals surface area contributed by atoms with Crippen LogP contribution in [0.2, 0.25) is 0 Å². The quantitative estimate of drug-likeness (QED) is 0.479. The van der Waals surface area contributed by atoms with Gasteiger partial charge in [0.05, 0.1) is 22.8 Å². The molecule has 0 aromatic carbocycles. The molecule has 0 radical (unpaired) electrons. The van der Waals surface area contributed by atoms with Crippen LogP contribution in [0.25, 0.3) is 0 Å². The molecule has 0 bridgehead atoms. The number of hydrogen-bond acceptors (Lipinski definition) is 12. The molecule has 13 heteroatoms. The number of β-amino-alcohol motifs (C(OH)–C–C–N with tert-alkyl or cyclic N) is 1. The second-order valence-corrected chi connectivity index (χ2v) is 13.7. The van der Waals surface area contributed by atoms with Crippen molar-refractivity contribution in [3.05, 3.63) is 16.0 Å². The zero-order valence-corrected chi connectivity index (χ0v) is 23.5. The van der Waals surface area contributed by atoms with E-state index in [1.807, 2.05) is 4.90 Å². The number of aliphatic hydroxyl groups excluding tert-OH is 1. The predicted octanol–water partition coefficient (Wildman–Crippen LogP) is 1.37. The van der Waals surface area contributed by atoms with Crippen LogP contribution < -0.4 is 20.3 Å². The number of aliphatic hydroxyl groups is 2. The van der Waals surface area contributed by atoms with Gasteiger partial charge in [0, 0.05) is 49.4 Å². The lowest BCUT2D eigenvalue weighted by Gasteiger charge is -2.48. The Morgan fingerprint density at radius 3 is 2.67 bits per heavy atom. The second-order valence-electron chi connectivity index (χ2n) is 12.5. The largest absolute Gasteiger partial charge is 0.461 e. The number of anilines is 3. The molecule has 0 unspecified atom stereocenters. The molecule has 2 aromatic heterocycles. The summed E-state index contributed by atoms with van der Waals surface area (Å²) >= 11 is 1.52.